The van der Waals surface area contributed by atoms with Crippen molar-refractivity contribution in [2.75, 3.05) is 16.8 Å². The third-order valence-corrected chi connectivity index (χ3v) is 6.53. The molecule has 1 saturated carbocycles. The number of anilines is 2. The van der Waals surface area contributed by atoms with Crippen LogP contribution in [0.3, 0.4) is 0 Å². The maximum atomic E-state index is 12.9. The number of amides is 3. The van der Waals surface area contributed by atoms with E-state index in [0.717, 1.165) is 35.8 Å². The van der Waals surface area contributed by atoms with Gasteiger partial charge in [-0.05, 0) is 49.2 Å². The Bertz CT molecular complexity index is 970. The van der Waals surface area contributed by atoms with E-state index in [4.69, 9.17) is 0 Å². The average molecular weight is 484 g/mol. The number of hydrogen-bond acceptors (Lipinski definition) is 3. The van der Waals surface area contributed by atoms with Crippen LogP contribution in [0.25, 0.3) is 0 Å². The van der Waals surface area contributed by atoms with Crippen molar-refractivity contribution in [1.29, 1.82) is 0 Å². The molecule has 0 bridgehead atoms. The zero-order chi connectivity index (χ0) is 21.8. The van der Waals surface area contributed by atoms with Crippen molar-refractivity contribution in [2.45, 2.75) is 44.6 Å². The first-order chi connectivity index (χ1) is 15.0. The van der Waals surface area contributed by atoms with Crippen LogP contribution in [0.4, 0.5) is 11.4 Å². The standard InChI is InChI=1S/C24H26BrN3O3/c25-17-10-12-19(13-11-17)28-15-16(14-22(28)29)23(30)27-21-9-5-4-8-20(21)24(31)26-18-6-2-1-3-7-18/h4-5,8-13,16,18H,1-3,6-7,14-15H2,(H,26,31)(H,27,30)/t16-/m1/s1. The van der Waals surface area contributed by atoms with Crippen LogP contribution in [-0.4, -0.2) is 30.3 Å². The summed E-state index contributed by atoms with van der Waals surface area (Å²) in [5, 5.41) is 5.99. The Kier molecular flexibility index (Phi) is 6.70. The van der Waals surface area contributed by atoms with E-state index in [1.807, 2.05) is 24.3 Å². The molecule has 7 heteroatoms. The number of carbonyl (C=O) groups excluding carboxylic acids is 3. The third-order valence-electron chi connectivity index (χ3n) is 6.00. The second kappa shape index (κ2) is 9.64. The fraction of sp³-hybridized carbons (Fsp3) is 0.375. The lowest BCUT2D eigenvalue weighted by Crippen LogP contribution is -2.36. The first-order valence-electron chi connectivity index (χ1n) is 10.8. The van der Waals surface area contributed by atoms with Crippen LogP contribution in [0.5, 0.6) is 0 Å². The third kappa shape index (κ3) is 5.15. The normalized spacial score (nSPS) is 19.3. The van der Waals surface area contributed by atoms with Gasteiger partial charge in [0.25, 0.3) is 5.91 Å². The molecule has 2 aromatic carbocycles. The van der Waals surface area contributed by atoms with Crippen LogP contribution < -0.4 is 15.5 Å². The van der Waals surface area contributed by atoms with Gasteiger partial charge in [-0.25, -0.2) is 0 Å². The second-order valence-electron chi connectivity index (χ2n) is 8.23. The largest absolute Gasteiger partial charge is 0.349 e. The Hall–Kier alpha value is -2.67. The maximum Gasteiger partial charge on any atom is 0.253 e. The van der Waals surface area contributed by atoms with Crippen molar-refractivity contribution < 1.29 is 14.4 Å². The maximum absolute atomic E-state index is 12.9. The Morgan fingerprint density at radius 1 is 0.968 bits per heavy atom. The van der Waals surface area contributed by atoms with E-state index in [9.17, 15) is 14.4 Å². The molecule has 1 saturated heterocycles. The van der Waals surface area contributed by atoms with Crippen LogP contribution in [-0.2, 0) is 9.59 Å². The first kappa shape index (κ1) is 21.6. The molecule has 6 nitrogen and oxygen atoms in total. The molecule has 2 fully saturated rings. The molecule has 1 aliphatic heterocycles. The highest BCUT2D eigenvalue weighted by molar-refractivity contribution is 9.10. The summed E-state index contributed by atoms with van der Waals surface area (Å²) >= 11 is 3.39. The molecule has 4 rings (SSSR count). The monoisotopic (exact) mass is 483 g/mol. The number of halogens is 1. The van der Waals surface area contributed by atoms with Crippen LogP contribution in [0, 0.1) is 5.92 Å². The molecule has 31 heavy (non-hydrogen) atoms. The van der Waals surface area contributed by atoms with Gasteiger partial charge >= 0.3 is 0 Å². The van der Waals surface area contributed by atoms with Crippen molar-refractivity contribution in [3.63, 3.8) is 0 Å². The Morgan fingerprint density at radius 3 is 2.42 bits per heavy atom. The quantitative estimate of drug-likeness (QED) is 0.656. The van der Waals surface area contributed by atoms with Gasteiger partial charge in [0.15, 0.2) is 0 Å². The Morgan fingerprint density at radius 2 is 1.68 bits per heavy atom. The average Bonchev–Trinajstić information content (AvgIpc) is 3.17. The predicted molar refractivity (Wildman–Crippen MR) is 124 cm³/mol. The minimum atomic E-state index is -0.467. The molecule has 0 radical (unpaired) electrons. The molecule has 2 aliphatic rings. The van der Waals surface area contributed by atoms with Crippen molar-refractivity contribution in [1.82, 2.24) is 5.32 Å². The van der Waals surface area contributed by atoms with E-state index in [-0.39, 0.29) is 30.2 Å². The van der Waals surface area contributed by atoms with Crippen molar-refractivity contribution in [3.8, 4) is 0 Å². The first-order valence-corrected chi connectivity index (χ1v) is 11.6. The van der Waals surface area contributed by atoms with E-state index in [1.54, 1.807) is 29.2 Å². The number of benzene rings is 2. The fourth-order valence-corrected chi connectivity index (χ4v) is 4.55. The minimum absolute atomic E-state index is 0.0780. The summed E-state index contributed by atoms with van der Waals surface area (Å²) in [7, 11) is 0. The molecular formula is C24H26BrN3O3. The summed E-state index contributed by atoms with van der Waals surface area (Å²) in [4.78, 5) is 39.9. The lowest BCUT2D eigenvalue weighted by Gasteiger charge is -2.23. The molecule has 2 aromatic rings. The van der Waals surface area contributed by atoms with E-state index >= 15 is 0 Å². The van der Waals surface area contributed by atoms with Crippen molar-refractivity contribution >= 4 is 45.0 Å². The van der Waals surface area contributed by atoms with Gasteiger partial charge in [-0.15, -0.1) is 0 Å². The van der Waals surface area contributed by atoms with E-state index in [2.05, 4.69) is 26.6 Å². The van der Waals surface area contributed by atoms with Gasteiger partial charge in [-0.1, -0.05) is 47.3 Å². The molecule has 2 N–H and O–H groups in total. The summed E-state index contributed by atoms with van der Waals surface area (Å²) in [6.45, 7) is 0.322. The molecule has 1 aliphatic carbocycles. The molecule has 3 amide bonds. The van der Waals surface area contributed by atoms with Crippen LogP contribution in [0.15, 0.2) is 53.0 Å². The topological polar surface area (TPSA) is 78.5 Å². The zero-order valence-electron chi connectivity index (χ0n) is 17.3. The van der Waals surface area contributed by atoms with Gasteiger partial charge in [-0.3, -0.25) is 14.4 Å². The van der Waals surface area contributed by atoms with Gasteiger partial charge in [-0.2, -0.15) is 0 Å². The molecule has 0 spiro atoms. The van der Waals surface area contributed by atoms with Gasteiger partial charge in [0.2, 0.25) is 11.8 Å². The SMILES string of the molecule is O=C(NC1CCCCC1)c1ccccc1NC(=O)[C@@H]1CC(=O)N(c2ccc(Br)cc2)C1. The molecule has 1 atom stereocenters. The predicted octanol–water partition coefficient (Wildman–Crippen LogP) is 4.50. The lowest BCUT2D eigenvalue weighted by molar-refractivity contribution is -0.122. The molecule has 0 aromatic heterocycles. The van der Waals surface area contributed by atoms with Crippen molar-refractivity contribution in [2.24, 2.45) is 5.92 Å². The Labute approximate surface area is 190 Å². The lowest BCUT2D eigenvalue weighted by atomic mass is 9.95. The van der Waals surface area contributed by atoms with Crippen LogP contribution >= 0.6 is 15.9 Å². The summed E-state index contributed by atoms with van der Waals surface area (Å²) in [6, 6.07) is 14.7. The molecule has 0 unspecified atom stereocenters. The van der Waals surface area contributed by atoms with Crippen LogP contribution in [0.2, 0.25) is 0 Å². The highest BCUT2D eigenvalue weighted by Crippen LogP contribution is 2.28. The van der Waals surface area contributed by atoms with Gasteiger partial charge in [0.1, 0.15) is 0 Å². The van der Waals surface area contributed by atoms with Crippen molar-refractivity contribution in [3.05, 3.63) is 58.6 Å². The highest BCUT2D eigenvalue weighted by atomic mass is 79.9. The summed E-state index contributed by atoms with van der Waals surface area (Å²) < 4.78 is 0.931. The zero-order valence-corrected chi connectivity index (χ0v) is 18.9. The Balaban J connectivity index is 1.42. The minimum Gasteiger partial charge on any atom is -0.349 e. The summed E-state index contributed by atoms with van der Waals surface area (Å²) in [5.74, 6) is -0.955. The highest BCUT2D eigenvalue weighted by Gasteiger charge is 2.35. The molecule has 162 valence electrons. The van der Waals surface area contributed by atoms with Gasteiger partial charge in [0.05, 0.1) is 17.2 Å². The van der Waals surface area contributed by atoms with Crippen LogP contribution in [0.1, 0.15) is 48.9 Å². The smallest absolute Gasteiger partial charge is 0.253 e. The van der Waals surface area contributed by atoms with Gasteiger partial charge < -0.3 is 15.5 Å². The number of para-hydroxylation sites is 1. The second-order valence-corrected chi connectivity index (χ2v) is 9.14. The van der Waals surface area contributed by atoms with Gasteiger partial charge in [0, 0.05) is 29.2 Å². The van der Waals surface area contributed by atoms with E-state index < -0.39 is 5.92 Å². The number of carbonyl (C=O) groups is 3. The van der Waals surface area contributed by atoms with E-state index in [0.29, 0.717) is 17.8 Å². The summed E-state index contributed by atoms with van der Waals surface area (Å²) in [5.41, 5.74) is 1.71. The number of hydrogen-bond donors (Lipinski definition) is 2. The summed E-state index contributed by atoms with van der Waals surface area (Å²) in [6.07, 6.45) is 5.63. The number of nitrogens with one attached hydrogen (secondary N) is 2. The number of nitrogens with zero attached hydrogens (tertiary/aromatic N) is 1. The number of rotatable bonds is 5. The molecule has 1 heterocycles. The molecular weight excluding hydrogens is 458 g/mol. The van der Waals surface area contributed by atoms with E-state index in [1.165, 1.54) is 6.42 Å². The fourth-order valence-electron chi connectivity index (χ4n) is 4.29.